The molecule has 0 bridgehead atoms. The van der Waals surface area contributed by atoms with Gasteiger partial charge in [-0.25, -0.2) is 4.98 Å². The van der Waals surface area contributed by atoms with Crippen molar-refractivity contribution in [3.05, 3.63) is 120 Å². The third-order valence-corrected chi connectivity index (χ3v) is 7.60. The summed E-state index contributed by atoms with van der Waals surface area (Å²) in [6.45, 7) is 4.54. The maximum Gasteiger partial charge on any atom is 0.233 e. The predicted molar refractivity (Wildman–Crippen MR) is 177 cm³/mol. The molecule has 218 valence electrons. The van der Waals surface area contributed by atoms with E-state index in [1.54, 1.807) is 12.1 Å². The molecule has 1 heterocycles. The molecule has 0 saturated carbocycles. The third-order valence-electron chi connectivity index (χ3n) is 7.60. The van der Waals surface area contributed by atoms with Crippen LogP contribution in [0.3, 0.4) is 0 Å². The van der Waals surface area contributed by atoms with E-state index in [1.165, 1.54) is 11.6 Å². The van der Waals surface area contributed by atoms with Crippen LogP contribution >= 0.6 is 0 Å². The quantitative estimate of drug-likeness (QED) is 0.0973. The maximum absolute atomic E-state index is 12.1. The summed E-state index contributed by atoms with van der Waals surface area (Å²) in [5.74, 6) is -0.467. The number of para-hydroxylation sites is 2. The summed E-state index contributed by atoms with van der Waals surface area (Å²) >= 11 is 0. The second kappa shape index (κ2) is 14.4. The Morgan fingerprint density at radius 3 is 1.93 bits per heavy atom. The zero-order valence-corrected chi connectivity index (χ0v) is 24.9. The van der Waals surface area contributed by atoms with Crippen LogP contribution in [0.25, 0.3) is 27.6 Å². The number of fused-ring (bicyclic) bond motifs is 3. The molecule has 5 heteroatoms. The van der Waals surface area contributed by atoms with Gasteiger partial charge in [-0.1, -0.05) is 106 Å². The molecule has 0 spiro atoms. The second-order valence-electron chi connectivity index (χ2n) is 10.5. The molecule has 0 unspecified atom stereocenters. The minimum absolute atomic E-state index is 0.429. The van der Waals surface area contributed by atoms with Crippen molar-refractivity contribution in [3.63, 3.8) is 0 Å². The Labute approximate surface area is 253 Å². The number of Topliss-reactive ketones (excluding diaryl/α,β-unsaturated/α-hetero) is 1. The number of ketones is 2. The average molecular weight is 571 g/mol. The first-order chi connectivity index (χ1) is 21.2. The number of anilines is 2. The van der Waals surface area contributed by atoms with Crippen molar-refractivity contribution in [2.24, 2.45) is 0 Å². The Morgan fingerprint density at radius 2 is 1.23 bits per heavy atom. The number of carbonyl (C=O) groups excluding carboxylic acids is 2. The van der Waals surface area contributed by atoms with Crippen LogP contribution in [0.4, 0.5) is 11.4 Å². The highest BCUT2D eigenvalue weighted by atomic mass is 16.5. The van der Waals surface area contributed by atoms with E-state index in [1.807, 2.05) is 38.1 Å². The van der Waals surface area contributed by atoms with Gasteiger partial charge in [-0.05, 0) is 49.1 Å². The molecule has 4 aromatic carbocycles. The Morgan fingerprint density at radius 1 is 0.651 bits per heavy atom. The fourth-order valence-corrected chi connectivity index (χ4v) is 5.43. The van der Waals surface area contributed by atoms with Crippen LogP contribution in [-0.2, 0) is 16.0 Å². The van der Waals surface area contributed by atoms with Gasteiger partial charge in [-0.2, -0.15) is 0 Å². The minimum Gasteiger partial charge on any atom is -0.493 e. The van der Waals surface area contributed by atoms with Crippen molar-refractivity contribution in [2.45, 2.75) is 52.4 Å². The Kier molecular flexibility index (Phi) is 9.96. The smallest absolute Gasteiger partial charge is 0.233 e. The third kappa shape index (κ3) is 7.00. The molecule has 5 nitrogen and oxygen atoms in total. The van der Waals surface area contributed by atoms with Crippen molar-refractivity contribution in [2.75, 3.05) is 11.9 Å². The number of pyridine rings is 1. The number of benzene rings is 4. The molecule has 0 atom stereocenters. The predicted octanol–water partition coefficient (Wildman–Crippen LogP) is 9.47. The van der Waals surface area contributed by atoms with Gasteiger partial charge >= 0.3 is 0 Å². The van der Waals surface area contributed by atoms with Gasteiger partial charge in [0.15, 0.2) is 0 Å². The number of nitrogens with one attached hydrogen (secondary N) is 1. The van der Waals surface area contributed by atoms with E-state index in [9.17, 15) is 9.59 Å². The van der Waals surface area contributed by atoms with E-state index in [0.717, 1.165) is 71.7 Å². The number of aryl methyl sites for hydroxylation is 1. The fourth-order valence-electron chi connectivity index (χ4n) is 5.43. The lowest BCUT2D eigenvalue weighted by molar-refractivity contribution is -0.111. The summed E-state index contributed by atoms with van der Waals surface area (Å²) in [5, 5.41) is 5.89. The first-order valence-corrected chi connectivity index (χ1v) is 15.3. The summed E-state index contributed by atoms with van der Waals surface area (Å²) in [4.78, 5) is 28.9. The van der Waals surface area contributed by atoms with E-state index >= 15 is 0 Å². The number of hydrogen-bond acceptors (Lipinski definition) is 5. The molecule has 0 amide bonds. The van der Waals surface area contributed by atoms with Gasteiger partial charge in [0.1, 0.15) is 5.76 Å². The lowest BCUT2D eigenvalue weighted by atomic mass is 9.94. The SMILES string of the molecule is CC.O=C1C=C(OCCCCCCCc2ccc(Nc3c4ccccc4nc4ccccc34)cc2)c2ccccc2C1=O. The molecule has 1 aliphatic rings. The molecular formula is C38H38N2O3. The van der Waals surface area contributed by atoms with Crippen LogP contribution < -0.4 is 5.32 Å². The van der Waals surface area contributed by atoms with E-state index < -0.39 is 11.6 Å². The lowest BCUT2D eigenvalue weighted by Gasteiger charge is -2.16. The van der Waals surface area contributed by atoms with Crippen molar-refractivity contribution in [1.82, 2.24) is 4.98 Å². The summed E-state index contributed by atoms with van der Waals surface area (Å²) < 4.78 is 5.88. The molecule has 0 fully saturated rings. The second-order valence-corrected chi connectivity index (χ2v) is 10.5. The van der Waals surface area contributed by atoms with Crippen LogP contribution in [0.5, 0.6) is 0 Å². The van der Waals surface area contributed by atoms with Crippen LogP contribution in [0.2, 0.25) is 0 Å². The summed E-state index contributed by atoms with van der Waals surface area (Å²) in [7, 11) is 0. The van der Waals surface area contributed by atoms with Crippen molar-refractivity contribution in [1.29, 1.82) is 0 Å². The molecule has 43 heavy (non-hydrogen) atoms. The molecular weight excluding hydrogens is 532 g/mol. The Balaban J connectivity index is 0.00000180. The van der Waals surface area contributed by atoms with Gasteiger partial charge in [0.2, 0.25) is 11.6 Å². The van der Waals surface area contributed by atoms with Crippen LogP contribution in [0, 0.1) is 0 Å². The zero-order chi connectivity index (χ0) is 30.0. The first-order valence-electron chi connectivity index (χ1n) is 15.3. The van der Waals surface area contributed by atoms with Gasteiger partial charge in [-0.15, -0.1) is 0 Å². The number of aromatic nitrogens is 1. The monoisotopic (exact) mass is 570 g/mol. The van der Waals surface area contributed by atoms with E-state index in [0.29, 0.717) is 23.5 Å². The van der Waals surface area contributed by atoms with E-state index in [-0.39, 0.29) is 0 Å². The van der Waals surface area contributed by atoms with Gasteiger partial charge in [-0.3, -0.25) is 9.59 Å². The van der Waals surface area contributed by atoms with Crippen LogP contribution in [0.15, 0.2) is 103 Å². The largest absolute Gasteiger partial charge is 0.493 e. The Hall–Kier alpha value is -4.77. The maximum atomic E-state index is 12.1. The topological polar surface area (TPSA) is 68.3 Å². The number of allylic oxidation sites excluding steroid dienone is 1. The molecule has 0 saturated heterocycles. The van der Waals surface area contributed by atoms with Gasteiger partial charge < -0.3 is 10.1 Å². The van der Waals surface area contributed by atoms with Crippen LogP contribution in [-0.4, -0.2) is 23.2 Å². The molecule has 6 rings (SSSR count). The number of carbonyl (C=O) groups is 2. The molecule has 5 aromatic rings. The molecule has 1 N–H and O–H groups in total. The highest BCUT2D eigenvalue weighted by Gasteiger charge is 2.26. The summed E-state index contributed by atoms with van der Waals surface area (Å²) in [6.07, 6.45) is 7.80. The number of rotatable bonds is 11. The van der Waals surface area contributed by atoms with Crippen LogP contribution in [0.1, 0.15) is 67.4 Å². The van der Waals surface area contributed by atoms with Gasteiger partial charge in [0.05, 0.1) is 23.3 Å². The zero-order valence-electron chi connectivity index (χ0n) is 24.9. The van der Waals surface area contributed by atoms with Crippen molar-refractivity contribution < 1.29 is 14.3 Å². The van der Waals surface area contributed by atoms with Gasteiger partial charge in [0, 0.05) is 33.7 Å². The normalized spacial score (nSPS) is 12.4. The lowest BCUT2D eigenvalue weighted by Crippen LogP contribution is -2.19. The van der Waals surface area contributed by atoms with E-state index in [2.05, 4.69) is 66.0 Å². The highest BCUT2D eigenvalue weighted by Crippen LogP contribution is 2.33. The standard InChI is InChI=1S/C36H32N2O3.C2H6/c39-33-24-34(27-13-5-6-14-28(27)36(33)40)41-23-11-3-1-2-4-12-25-19-21-26(22-20-25)37-35-29-15-7-9-17-31(29)38-32-18-10-8-16-30(32)35;1-2/h5-10,13-22,24H,1-4,11-12,23H2,(H,37,38);1-2H3. The average Bonchev–Trinajstić information content (AvgIpc) is 3.06. The highest BCUT2D eigenvalue weighted by molar-refractivity contribution is 6.50. The van der Waals surface area contributed by atoms with Gasteiger partial charge in [0.25, 0.3) is 0 Å². The molecule has 0 radical (unpaired) electrons. The molecule has 0 aliphatic heterocycles. The summed E-state index contributed by atoms with van der Waals surface area (Å²) in [6, 6.07) is 32.4. The Bertz CT molecular complexity index is 1700. The first kappa shape index (κ1) is 29.7. The number of ether oxygens (including phenoxy) is 1. The number of hydrogen-bond donors (Lipinski definition) is 1. The minimum atomic E-state index is -0.512. The summed E-state index contributed by atoms with van der Waals surface area (Å²) in [5.41, 5.74) is 6.60. The number of nitrogens with zero attached hydrogens (tertiary/aromatic N) is 1. The van der Waals surface area contributed by atoms with E-state index in [4.69, 9.17) is 9.72 Å². The molecule has 1 aromatic heterocycles. The van der Waals surface area contributed by atoms with Crippen molar-refractivity contribution in [3.8, 4) is 0 Å². The fraction of sp³-hybridized carbons (Fsp3) is 0.237. The molecule has 1 aliphatic carbocycles. The number of unbranched alkanes of at least 4 members (excludes halogenated alkanes) is 4. The van der Waals surface area contributed by atoms with Crippen molar-refractivity contribution >= 4 is 50.5 Å².